The third-order valence-corrected chi connectivity index (χ3v) is 7.92. The summed E-state index contributed by atoms with van der Waals surface area (Å²) >= 11 is 0. The van der Waals surface area contributed by atoms with E-state index in [1.165, 1.54) is 23.9 Å². The van der Waals surface area contributed by atoms with Crippen LogP contribution in [0.25, 0.3) is 0 Å². The molecule has 0 fully saturated rings. The van der Waals surface area contributed by atoms with E-state index in [1.807, 2.05) is 44.1 Å². The molecule has 0 saturated carbocycles. The average Bonchev–Trinajstić information content (AvgIpc) is 3.24. The van der Waals surface area contributed by atoms with E-state index in [4.69, 9.17) is 4.74 Å². The summed E-state index contributed by atoms with van der Waals surface area (Å²) in [4.78, 5) is 20.8. The topological polar surface area (TPSA) is 108 Å². The van der Waals surface area contributed by atoms with Crippen LogP contribution in [0.1, 0.15) is 19.4 Å². The second-order valence-corrected chi connectivity index (χ2v) is 11.2. The number of rotatable bonds is 7. The molecule has 1 aromatic carbocycles. The smallest absolute Gasteiger partial charge is 0.261 e. The van der Waals surface area contributed by atoms with Crippen molar-refractivity contribution in [3.63, 3.8) is 0 Å². The summed E-state index contributed by atoms with van der Waals surface area (Å²) in [5.41, 5.74) is 1.65. The van der Waals surface area contributed by atoms with Crippen molar-refractivity contribution in [3.05, 3.63) is 36.3 Å². The zero-order chi connectivity index (χ0) is 25.2. The maximum absolute atomic E-state index is 13.2. The molecular formula is C23H35N5O5S. The number of likely N-dealkylation sites (N-methyl/N-ethyl adjacent to an activating group) is 1. The largest absolute Gasteiger partial charge is 0.488 e. The van der Waals surface area contributed by atoms with Gasteiger partial charge in [0, 0.05) is 58.1 Å². The summed E-state index contributed by atoms with van der Waals surface area (Å²) in [5.74, 6) is 0.237. The monoisotopic (exact) mass is 493 g/mol. The van der Waals surface area contributed by atoms with Crippen molar-refractivity contribution in [1.82, 2.24) is 18.8 Å². The van der Waals surface area contributed by atoms with E-state index in [1.54, 1.807) is 23.4 Å². The van der Waals surface area contributed by atoms with Crippen LogP contribution in [0.2, 0.25) is 0 Å². The first-order valence-electron chi connectivity index (χ1n) is 11.3. The number of carbonyl (C=O) groups excluding carboxylic acids is 1. The predicted octanol–water partition coefficient (Wildman–Crippen LogP) is 0.956. The number of hydrogen-bond acceptors (Lipinski definition) is 7. The molecule has 188 valence electrons. The van der Waals surface area contributed by atoms with Gasteiger partial charge in [0.05, 0.1) is 31.9 Å². The number of nitrogens with zero attached hydrogens (tertiary/aromatic N) is 5. The Labute approximate surface area is 201 Å². The van der Waals surface area contributed by atoms with Crippen LogP contribution in [-0.2, 0) is 28.3 Å². The highest BCUT2D eigenvalue weighted by atomic mass is 32.2. The van der Waals surface area contributed by atoms with E-state index < -0.39 is 16.1 Å². The molecule has 1 aliphatic rings. The Hall–Kier alpha value is -2.63. The van der Waals surface area contributed by atoms with Crippen molar-refractivity contribution in [1.29, 1.82) is 0 Å². The van der Waals surface area contributed by atoms with E-state index in [-0.39, 0.29) is 42.5 Å². The minimum Gasteiger partial charge on any atom is -0.488 e. The minimum atomic E-state index is -3.82. The lowest BCUT2D eigenvalue weighted by atomic mass is 10.0. The molecule has 3 atom stereocenters. The number of anilines is 1. The molecule has 1 amide bonds. The SMILES string of the molecule is C[C@@H]1CN([C@@H](C)CO)C(=O)Cc2cc(N(C)C)ccc2O[C@H]1CN(C)S(=O)(=O)c1cn(C)cn1. The van der Waals surface area contributed by atoms with Crippen LogP contribution >= 0.6 is 0 Å². The van der Waals surface area contributed by atoms with E-state index in [2.05, 4.69) is 4.98 Å². The fraction of sp³-hybridized carbons (Fsp3) is 0.565. The van der Waals surface area contributed by atoms with Gasteiger partial charge < -0.3 is 24.2 Å². The van der Waals surface area contributed by atoms with E-state index >= 15 is 0 Å². The van der Waals surface area contributed by atoms with Crippen molar-refractivity contribution < 1.29 is 23.1 Å². The van der Waals surface area contributed by atoms with Gasteiger partial charge >= 0.3 is 0 Å². The Kier molecular flexibility index (Phi) is 7.89. The third kappa shape index (κ3) is 5.53. The van der Waals surface area contributed by atoms with Crippen molar-refractivity contribution in [2.75, 3.05) is 45.7 Å². The van der Waals surface area contributed by atoms with Gasteiger partial charge in [0.25, 0.3) is 10.0 Å². The number of aromatic nitrogens is 2. The number of aryl methyl sites for hydroxylation is 1. The Balaban J connectivity index is 1.98. The van der Waals surface area contributed by atoms with Gasteiger partial charge in [-0.15, -0.1) is 0 Å². The van der Waals surface area contributed by atoms with Gasteiger partial charge in [-0.05, 0) is 25.1 Å². The molecule has 1 aromatic heterocycles. The Morgan fingerprint density at radius 3 is 2.59 bits per heavy atom. The van der Waals surface area contributed by atoms with Gasteiger partial charge in [0.2, 0.25) is 5.91 Å². The Morgan fingerprint density at radius 2 is 2.00 bits per heavy atom. The average molecular weight is 494 g/mol. The van der Waals surface area contributed by atoms with Gasteiger partial charge in [0.1, 0.15) is 11.9 Å². The lowest BCUT2D eigenvalue weighted by Gasteiger charge is -2.33. The van der Waals surface area contributed by atoms with Gasteiger partial charge in [-0.2, -0.15) is 4.31 Å². The number of ether oxygens (including phenoxy) is 1. The maximum atomic E-state index is 13.2. The third-order valence-electron chi connectivity index (χ3n) is 6.21. The number of hydrogen-bond donors (Lipinski definition) is 1. The van der Waals surface area contributed by atoms with E-state index in [9.17, 15) is 18.3 Å². The summed E-state index contributed by atoms with van der Waals surface area (Å²) in [5, 5.41) is 9.72. The number of imidazole rings is 1. The maximum Gasteiger partial charge on any atom is 0.261 e. The lowest BCUT2D eigenvalue weighted by Crippen LogP contribution is -2.48. The molecule has 11 heteroatoms. The van der Waals surface area contributed by atoms with E-state index in [0.29, 0.717) is 12.3 Å². The molecule has 1 N–H and O–H groups in total. The summed E-state index contributed by atoms with van der Waals surface area (Å²) in [6.45, 7) is 3.97. The fourth-order valence-electron chi connectivity index (χ4n) is 3.95. The quantitative estimate of drug-likeness (QED) is 0.612. The number of sulfonamides is 1. The standard InChI is InChI=1S/C23H35N5O5S/c1-16-11-28(17(2)14-29)23(30)10-18-9-19(25(3)4)7-8-20(18)33-21(16)12-27(6)34(31,32)22-13-26(5)15-24-22/h7-9,13,15-17,21,29H,10-12,14H2,1-6H3/t16-,17+,21+/m1/s1. The minimum absolute atomic E-state index is 0.0325. The lowest BCUT2D eigenvalue weighted by molar-refractivity contribution is -0.134. The van der Waals surface area contributed by atoms with Crippen molar-refractivity contribution >= 4 is 21.6 Å². The highest BCUT2D eigenvalue weighted by Crippen LogP contribution is 2.30. The van der Waals surface area contributed by atoms with Crippen LogP contribution in [0.4, 0.5) is 5.69 Å². The molecular weight excluding hydrogens is 458 g/mol. The zero-order valence-corrected chi connectivity index (χ0v) is 21.5. The van der Waals surface area contributed by atoms with Crippen LogP contribution in [0.5, 0.6) is 5.75 Å². The first-order valence-corrected chi connectivity index (χ1v) is 12.7. The Bertz CT molecular complexity index is 1120. The summed E-state index contributed by atoms with van der Waals surface area (Å²) < 4.78 is 35.4. The molecule has 2 aromatic rings. The molecule has 0 unspecified atom stereocenters. The highest BCUT2D eigenvalue weighted by Gasteiger charge is 2.34. The molecule has 1 aliphatic heterocycles. The van der Waals surface area contributed by atoms with Crippen molar-refractivity contribution in [2.45, 2.75) is 37.4 Å². The molecule has 2 heterocycles. The normalized spacial score (nSPS) is 20.2. The van der Waals surface area contributed by atoms with Crippen LogP contribution < -0.4 is 9.64 Å². The van der Waals surface area contributed by atoms with Crippen LogP contribution in [-0.4, -0.2) is 91.2 Å². The number of fused-ring (bicyclic) bond motifs is 1. The summed E-state index contributed by atoms with van der Waals surface area (Å²) in [6, 6.07) is 5.28. The van der Waals surface area contributed by atoms with Crippen LogP contribution in [0.3, 0.4) is 0 Å². The summed E-state index contributed by atoms with van der Waals surface area (Å²) in [6.07, 6.45) is 2.49. The highest BCUT2D eigenvalue weighted by molar-refractivity contribution is 7.89. The zero-order valence-electron chi connectivity index (χ0n) is 20.7. The number of amides is 1. The van der Waals surface area contributed by atoms with Gasteiger partial charge in [-0.1, -0.05) is 6.92 Å². The van der Waals surface area contributed by atoms with Crippen molar-refractivity contribution in [2.24, 2.45) is 13.0 Å². The molecule has 0 radical (unpaired) electrons. The predicted molar refractivity (Wildman–Crippen MR) is 129 cm³/mol. The second-order valence-electron chi connectivity index (χ2n) is 9.24. The number of aliphatic hydroxyl groups excluding tert-OH is 1. The number of aliphatic hydroxyl groups is 1. The van der Waals surface area contributed by atoms with Crippen LogP contribution in [0, 0.1) is 5.92 Å². The first-order chi connectivity index (χ1) is 15.9. The number of benzene rings is 1. The summed E-state index contributed by atoms with van der Waals surface area (Å²) in [7, 11) is 3.23. The molecule has 0 spiro atoms. The van der Waals surface area contributed by atoms with Gasteiger partial charge in [-0.3, -0.25) is 4.79 Å². The molecule has 0 bridgehead atoms. The molecule has 10 nitrogen and oxygen atoms in total. The van der Waals surface area contributed by atoms with Gasteiger partial charge in [-0.25, -0.2) is 13.4 Å². The molecule has 3 rings (SSSR count). The fourth-order valence-corrected chi connectivity index (χ4v) is 5.09. The van der Waals surface area contributed by atoms with Gasteiger partial charge in [0.15, 0.2) is 5.03 Å². The van der Waals surface area contributed by atoms with Crippen molar-refractivity contribution in [3.8, 4) is 5.75 Å². The van der Waals surface area contributed by atoms with Crippen LogP contribution in [0.15, 0.2) is 35.7 Å². The second kappa shape index (κ2) is 10.3. The first kappa shape index (κ1) is 26.0. The molecule has 34 heavy (non-hydrogen) atoms. The molecule has 0 saturated heterocycles. The van der Waals surface area contributed by atoms with E-state index in [0.717, 1.165) is 11.3 Å². The number of carbonyl (C=O) groups is 1. The molecule has 0 aliphatic carbocycles. The Morgan fingerprint density at radius 1 is 1.29 bits per heavy atom.